The van der Waals surface area contributed by atoms with Crippen LogP contribution in [0.15, 0.2) is 59.3 Å². The highest BCUT2D eigenvalue weighted by molar-refractivity contribution is 7.99. The molecule has 5 nitrogen and oxygen atoms in total. The summed E-state index contributed by atoms with van der Waals surface area (Å²) in [6, 6.07) is 11.7. The molecule has 0 radical (unpaired) electrons. The maximum atomic E-state index is 11.9. The van der Waals surface area contributed by atoms with Gasteiger partial charge in [0.25, 0.3) is 0 Å². The van der Waals surface area contributed by atoms with Crippen molar-refractivity contribution in [1.82, 2.24) is 15.0 Å². The fourth-order valence-electron chi connectivity index (χ4n) is 1.85. The summed E-state index contributed by atoms with van der Waals surface area (Å²) in [5.41, 5.74) is 1.92. The van der Waals surface area contributed by atoms with Crippen LogP contribution in [-0.4, -0.2) is 26.6 Å². The molecule has 0 fully saturated rings. The van der Waals surface area contributed by atoms with Gasteiger partial charge < -0.3 is 5.32 Å². The van der Waals surface area contributed by atoms with E-state index in [0.717, 1.165) is 11.3 Å². The summed E-state index contributed by atoms with van der Waals surface area (Å²) in [5, 5.41) is 6.08. The average molecular weight is 342 g/mol. The van der Waals surface area contributed by atoms with Crippen LogP contribution in [0.25, 0.3) is 11.3 Å². The number of rotatable bonds is 6. The monoisotopic (exact) mass is 342 g/mol. The minimum atomic E-state index is -0.0533. The molecule has 7 heteroatoms. The smallest absolute Gasteiger partial charge is 0.226 e. The molecule has 1 amide bonds. The predicted octanol–water partition coefficient (Wildman–Crippen LogP) is 3.72. The minimum absolute atomic E-state index is 0.0533. The number of carbonyl (C=O) groups is 1. The molecule has 3 rings (SSSR count). The van der Waals surface area contributed by atoms with Crippen LogP contribution < -0.4 is 5.32 Å². The number of hydrogen-bond acceptors (Lipinski definition) is 6. The fraction of sp³-hybridized carbons (Fsp3) is 0.125. The van der Waals surface area contributed by atoms with E-state index in [1.807, 2.05) is 35.7 Å². The van der Waals surface area contributed by atoms with Gasteiger partial charge in [0.1, 0.15) is 0 Å². The number of hydrogen-bond donors (Lipinski definition) is 1. The standard InChI is InChI=1S/C16H14N4OS2/c21-14(7-10-22-15-17-8-4-9-18-15)20-16-19-13(11-23-16)12-5-2-1-3-6-12/h1-6,8-9,11H,7,10H2,(H,19,20,21). The van der Waals surface area contributed by atoms with Crippen molar-refractivity contribution in [3.05, 3.63) is 54.2 Å². The van der Waals surface area contributed by atoms with E-state index >= 15 is 0 Å². The van der Waals surface area contributed by atoms with Gasteiger partial charge in [-0.2, -0.15) is 0 Å². The maximum Gasteiger partial charge on any atom is 0.226 e. The van der Waals surface area contributed by atoms with E-state index in [0.29, 0.717) is 22.5 Å². The van der Waals surface area contributed by atoms with Gasteiger partial charge in [0.2, 0.25) is 5.91 Å². The van der Waals surface area contributed by atoms with Gasteiger partial charge in [-0.3, -0.25) is 4.79 Å². The Morgan fingerprint density at radius 3 is 2.70 bits per heavy atom. The Hall–Kier alpha value is -2.25. The third-order valence-electron chi connectivity index (χ3n) is 2.92. The summed E-state index contributed by atoms with van der Waals surface area (Å²) in [6.45, 7) is 0. The first-order chi connectivity index (χ1) is 11.3. The van der Waals surface area contributed by atoms with Crippen LogP contribution in [0.4, 0.5) is 5.13 Å². The van der Waals surface area contributed by atoms with Gasteiger partial charge in [0.05, 0.1) is 5.69 Å². The number of anilines is 1. The van der Waals surface area contributed by atoms with E-state index in [2.05, 4.69) is 20.3 Å². The van der Waals surface area contributed by atoms with Gasteiger partial charge in [-0.1, -0.05) is 42.1 Å². The number of amides is 1. The number of nitrogens with zero attached hydrogens (tertiary/aromatic N) is 3. The first-order valence-electron chi connectivity index (χ1n) is 7.02. The number of thiazole rings is 1. The Balaban J connectivity index is 1.49. The van der Waals surface area contributed by atoms with E-state index in [4.69, 9.17) is 0 Å². The molecule has 23 heavy (non-hydrogen) atoms. The summed E-state index contributed by atoms with van der Waals surface area (Å²) in [6.07, 6.45) is 3.77. The molecule has 2 aromatic heterocycles. The van der Waals surface area contributed by atoms with Crippen molar-refractivity contribution in [1.29, 1.82) is 0 Å². The molecule has 0 unspecified atom stereocenters. The van der Waals surface area contributed by atoms with E-state index in [9.17, 15) is 4.79 Å². The zero-order valence-electron chi connectivity index (χ0n) is 12.2. The second kappa shape index (κ2) is 7.85. The number of thioether (sulfide) groups is 1. The molecule has 0 aliphatic rings. The SMILES string of the molecule is O=C(CCSc1ncccn1)Nc1nc(-c2ccccc2)cs1. The highest BCUT2D eigenvalue weighted by atomic mass is 32.2. The van der Waals surface area contributed by atoms with Gasteiger partial charge in [-0.25, -0.2) is 15.0 Å². The zero-order chi connectivity index (χ0) is 15.9. The molecule has 3 aromatic rings. The summed E-state index contributed by atoms with van der Waals surface area (Å²) in [4.78, 5) is 24.6. The van der Waals surface area contributed by atoms with Gasteiger partial charge in [-0.15, -0.1) is 11.3 Å². The van der Waals surface area contributed by atoms with E-state index in [1.165, 1.54) is 23.1 Å². The number of aromatic nitrogens is 3. The van der Waals surface area contributed by atoms with E-state index in [-0.39, 0.29) is 5.91 Å². The van der Waals surface area contributed by atoms with Gasteiger partial charge >= 0.3 is 0 Å². The van der Waals surface area contributed by atoms with Crippen molar-refractivity contribution in [2.75, 3.05) is 11.1 Å². The summed E-state index contributed by atoms with van der Waals surface area (Å²) in [5.74, 6) is 0.578. The number of carbonyl (C=O) groups excluding carboxylic acids is 1. The zero-order valence-corrected chi connectivity index (χ0v) is 13.8. The number of benzene rings is 1. The van der Waals surface area contributed by atoms with Gasteiger partial charge in [-0.05, 0) is 6.07 Å². The van der Waals surface area contributed by atoms with Crippen molar-refractivity contribution < 1.29 is 4.79 Å². The molecule has 0 spiro atoms. The molecular formula is C16H14N4OS2. The Morgan fingerprint density at radius 1 is 1.13 bits per heavy atom. The third kappa shape index (κ3) is 4.61. The molecule has 0 bridgehead atoms. The molecule has 1 aromatic carbocycles. The summed E-state index contributed by atoms with van der Waals surface area (Å²) in [7, 11) is 0. The first kappa shape index (κ1) is 15.6. The quantitative estimate of drug-likeness (QED) is 0.546. The lowest BCUT2D eigenvalue weighted by molar-refractivity contribution is -0.115. The highest BCUT2D eigenvalue weighted by Crippen LogP contribution is 2.24. The van der Waals surface area contributed by atoms with Crippen molar-refractivity contribution in [3.63, 3.8) is 0 Å². The Labute approximate surface area is 142 Å². The molecule has 0 saturated carbocycles. The average Bonchev–Trinajstić information content (AvgIpc) is 3.05. The topological polar surface area (TPSA) is 67.8 Å². The molecule has 2 heterocycles. The molecular weight excluding hydrogens is 328 g/mol. The van der Waals surface area contributed by atoms with Crippen LogP contribution in [0.2, 0.25) is 0 Å². The summed E-state index contributed by atoms with van der Waals surface area (Å²) < 4.78 is 0. The lowest BCUT2D eigenvalue weighted by atomic mass is 10.2. The molecule has 0 aliphatic heterocycles. The largest absolute Gasteiger partial charge is 0.302 e. The van der Waals surface area contributed by atoms with Crippen LogP contribution in [0, 0.1) is 0 Å². The van der Waals surface area contributed by atoms with Crippen LogP contribution >= 0.6 is 23.1 Å². The third-order valence-corrected chi connectivity index (χ3v) is 4.56. The lowest BCUT2D eigenvalue weighted by Gasteiger charge is -2.01. The number of nitrogens with one attached hydrogen (secondary N) is 1. The van der Waals surface area contributed by atoms with Crippen LogP contribution in [0.5, 0.6) is 0 Å². The minimum Gasteiger partial charge on any atom is -0.302 e. The van der Waals surface area contributed by atoms with Crippen LogP contribution in [-0.2, 0) is 4.79 Å². The second-order valence-electron chi connectivity index (χ2n) is 4.58. The van der Waals surface area contributed by atoms with Gasteiger partial charge in [0, 0.05) is 35.5 Å². The van der Waals surface area contributed by atoms with Crippen LogP contribution in [0.1, 0.15) is 6.42 Å². The first-order valence-corrected chi connectivity index (χ1v) is 8.88. The van der Waals surface area contributed by atoms with Crippen LogP contribution in [0.3, 0.4) is 0 Å². The molecule has 0 atom stereocenters. The van der Waals surface area contributed by atoms with Gasteiger partial charge in [0.15, 0.2) is 10.3 Å². The molecule has 0 saturated heterocycles. The maximum absolute atomic E-state index is 11.9. The summed E-state index contributed by atoms with van der Waals surface area (Å²) >= 11 is 2.89. The van der Waals surface area contributed by atoms with E-state index in [1.54, 1.807) is 18.5 Å². The van der Waals surface area contributed by atoms with E-state index < -0.39 is 0 Å². The Morgan fingerprint density at radius 2 is 1.91 bits per heavy atom. The fourth-order valence-corrected chi connectivity index (χ4v) is 3.33. The molecule has 116 valence electrons. The van der Waals surface area contributed by atoms with Crippen molar-refractivity contribution in [2.24, 2.45) is 0 Å². The normalized spacial score (nSPS) is 10.4. The molecule has 1 N–H and O–H groups in total. The van der Waals surface area contributed by atoms with Crippen molar-refractivity contribution in [3.8, 4) is 11.3 Å². The Bertz CT molecular complexity index is 762. The lowest BCUT2D eigenvalue weighted by Crippen LogP contribution is -2.12. The predicted molar refractivity (Wildman–Crippen MR) is 93.6 cm³/mol. The highest BCUT2D eigenvalue weighted by Gasteiger charge is 2.08. The molecule has 0 aliphatic carbocycles. The van der Waals surface area contributed by atoms with Crippen molar-refractivity contribution in [2.45, 2.75) is 11.6 Å². The Kier molecular flexibility index (Phi) is 5.33. The second-order valence-corrected chi connectivity index (χ2v) is 6.50. The van der Waals surface area contributed by atoms with Crippen molar-refractivity contribution >= 4 is 34.1 Å².